The monoisotopic (exact) mass is 294 g/mol. The predicted octanol–water partition coefficient (Wildman–Crippen LogP) is 3.80. The molecule has 0 amide bonds. The number of carboxylic acid groups (broad SMARTS) is 1. The summed E-state index contributed by atoms with van der Waals surface area (Å²) in [6, 6.07) is 8.24. The molecule has 0 heterocycles. The maximum Gasteiger partial charge on any atom is 0.328 e. The number of allylic oxidation sites excluding steroid dienone is 1. The fraction of sp³-hybridized carbons (Fsp3) is 0.357. The molecule has 17 heavy (non-hydrogen) atoms. The molecule has 1 atom stereocenters. The van der Waals surface area contributed by atoms with E-state index in [1.807, 2.05) is 12.1 Å². The van der Waals surface area contributed by atoms with Crippen LogP contribution in [0, 0.1) is 5.92 Å². The van der Waals surface area contributed by atoms with E-state index < -0.39 is 5.97 Å². The first-order valence-corrected chi connectivity index (χ1v) is 6.62. The highest BCUT2D eigenvalue weighted by molar-refractivity contribution is 9.10. The molecule has 2 nitrogen and oxygen atoms in total. The van der Waals surface area contributed by atoms with E-state index in [0.717, 1.165) is 35.7 Å². The van der Waals surface area contributed by atoms with Gasteiger partial charge in [-0.25, -0.2) is 4.79 Å². The molecule has 0 spiro atoms. The number of carbonyl (C=O) groups is 1. The molecule has 0 aliphatic heterocycles. The Morgan fingerprint density at radius 1 is 1.53 bits per heavy atom. The van der Waals surface area contributed by atoms with E-state index in [0.29, 0.717) is 5.92 Å². The summed E-state index contributed by atoms with van der Waals surface area (Å²) in [5, 5.41) is 8.82. The molecule has 1 aliphatic rings. The third-order valence-corrected chi connectivity index (χ3v) is 3.72. The van der Waals surface area contributed by atoms with Gasteiger partial charge in [0.1, 0.15) is 0 Å². The van der Waals surface area contributed by atoms with Gasteiger partial charge in [0, 0.05) is 10.5 Å². The molecule has 1 aliphatic carbocycles. The lowest BCUT2D eigenvalue weighted by Gasteiger charge is -2.11. The summed E-state index contributed by atoms with van der Waals surface area (Å²) in [5.41, 5.74) is 2.36. The van der Waals surface area contributed by atoms with Crippen LogP contribution in [0.25, 0.3) is 0 Å². The van der Waals surface area contributed by atoms with Crippen molar-refractivity contribution in [2.45, 2.75) is 25.7 Å². The van der Waals surface area contributed by atoms with Gasteiger partial charge in [0.05, 0.1) is 0 Å². The summed E-state index contributed by atoms with van der Waals surface area (Å²) in [5.74, 6) is -0.415. The molecule has 1 N–H and O–H groups in total. The van der Waals surface area contributed by atoms with Crippen LogP contribution in [0.3, 0.4) is 0 Å². The summed E-state index contributed by atoms with van der Waals surface area (Å²) in [7, 11) is 0. The van der Waals surface area contributed by atoms with Gasteiger partial charge < -0.3 is 5.11 Å². The Hall–Kier alpha value is -1.09. The normalized spacial score (nSPS) is 21.9. The zero-order valence-electron chi connectivity index (χ0n) is 9.53. The molecule has 1 aromatic rings. The van der Waals surface area contributed by atoms with Crippen LogP contribution in [-0.2, 0) is 11.2 Å². The van der Waals surface area contributed by atoms with Crippen molar-refractivity contribution in [2.24, 2.45) is 5.92 Å². The maximum absolute atomic E-state index is 10.7. The third kappa shape index (κ3) is 3.43. The molecule has 0 saturated heterocycles. The second-order valence-corrected chi connectivity index (χ2v) is 5.40. The first-order chi connectivity index (χ1) is 8.15. The molecule has 1 fully saturated rings. The predicted molar refractivity (Wildman–Crippen MR) is 70.9 cm³/mol. The standard InChI is InChI=1S/C14H15BrO2/c15-13-6-1-3-10(8-13)7-11-4-2-5-12(11)9-14(16)17/h1,3,6,8-9,11H,2,4-5,7H2,(H,16,17)/b12-9+. The molecule has 1 saturated carbocycles. The highest BCUT2D eigenvalue weighted by Gasteiger charge is 2.21. The van der Waals surface area contributed by atoms with E-state index in [9.17, 15) is 4.79 Å². The number of benzene rings is 1. The molecule has 1 unspecified atom stereocenters. The Balaban J connectivity index is 2.10. The van der Waals surface area contributed by atoms with Crippen molar-refractivity contribution in [3.8, 4) is 0 Å². The van der Waals surface area contributed by atoms with Gasteiger partial charge in [-0.3, -0.25) is 0 Å². The van der Waals surface area contributed by atoms with Gasteiger partial charge in [-0.05, 0) is 49.3 Å². The van der Waals surface area contributed by atoms with Gasteiger partial charge in [-0.2, -0.15) is 0 Å². The van der Waals surface area contributed by atoms with Crippen LogP contribution < -0.4 is 0 Å². The number of hydrogen-bond acceptors (Lipinski definition) is 1. The maximum atomic E-state index is 10.7. The number of aliphatic carboxylic acids is 1. The molecular weight excluding hydrogens is 280 g/mol. The number of rotatable bonds is 3. The smallest absolute Gasteiger partial charge is 0.328 e. The fourth-order valence-electron chi connectivity index (χ4n) is 2.47. The number of halogens is 1. The average Bonchev–Trinajstić information content (AvgIpc) is 2.65. The van der Waals surface area contributed by atoms with Crippen molar-refractivity contribution >= 4 is 21.9 Å². The molecule has 90 valence electrons. The van der Waals surface area contributed by atoms with Crippen LogP contribution in [-0.4, -0.2) is 11.1 Å². The fourth-order valence-corrected chi connectivity index (χ4v) is 2.92. The Morgan fingerprint density at radius 2 is 2.35 bits per heavy atom. The Kier molecular flexibility index (Phi) is 4.00. The van der Waals surface area contributed by atoms with Gasteiger partial charge >= 0.3 is 5.97 Å². The first-order valence-electron chi connectivity index (χ1n) is 5.83. The van der Waals surface area contributed by atoms with Crippen molar-refractivity contribution in [3.63, 3.8) is 0 Å². The van der Waals surface area contributed by atoms with Crippen molar-refractivity contribution in [3.05, 3.63) is 46.0 Å². The van der Waals surface area contributed by atoms with Crippen LogP contribution in [0.1, 0.15) is 24.8 Å². The highest BCUT2D eigenvalue weighted by Crippen LogP contribution is 2.33. The molecule has 0 radical (unpaired) electrons. The minimum atomic E-state index is -0.818. The van der Waals surface area contributed by atoms with Gasteiger partial charge in [0.15, 0.2) is 0 Å². The van der Waals surface area contributed by atoms with E-state index in [4.69, 9.17) is 5.11 Å². The zero-order valence-corrected chi connectivity index (χ0v) is 11.1. The SMILES string of the molecule is O=C(O)/C=C1\CCCC1Cc1cccc(Br)c1. The second kappa shape index (κ2) is 5.50. The summed E-state index contributed by atoms with van der Waals surface area (Å²) < 4.78 is 1.08. The summed E-state index contributed by atoms with van der Waals surface area (Å²) in [6.07, 6.45) is 5.49. The molecule has 0 aromatic heterocycles. The minimum Gasteiger partial charge on any atom is -0.478 e. The first kappa shape index (κ1) is 12.4. The van der Waals surface area contributed by atoms with Gasteiger partial charge in [0.2, 0.25) is 0 Å². The molecule has 1 aromatic carbocycles. The third-order valence-electron chi connectivity index (χ3n) is 3.22. The highest BCUT2D eigenvalue weighted by atomic mass is 79.9. The van der Waals surface area contributed by atoms with E-state index in [1.165, 1.54) is 11.6 Å². The number of carboxylic acids is 1. The molecule has 2 rings (SSSR count). The van der Waals surface area contributed by atoms with Crippen molar-refractivity contribution < 1.29 is 9.90 Å². The molecular formula is C14H15BrO2. The lowest BCUT2D eigenvalue weighted by atomic mass is 9.94. The zero-order chi connectivity index (χ0) is 12.3. The summed E-state index contributed by atoms with van der Waals surface area (Å²) in [6.45, 7) is 0. The van der Waals surface area contributed by atoms with E-state index >= 15 is 0 Å². The van der Waals surface area contributed by atoms with Gasteiger partial charge in [0.25, 0.3) is 0 Å². The molecule has 0 bridgehead atoms. The van der Waals surface area contributed by atoms with E-state index in [2.05, 4.69) is 28.1 Å². The summed E-state index contributed by atoms with van der Waals surface area (Å²) in [4.78, 5) is 10.7. The van der Waals surface area contributed by atoms with Crippen molar-refractivity contribution in [2.75, 3.05) is 0 Å². The second-order valence-electron chi connectivity index (χ2n) is 4.48. The molecule has 3 heteroatoms. The van der Waals surface area contributed by atoms with Crippen molar-refractivity contribution in [1.82, 2.24) is 0 Å². The van der Waals surface area contributed by atoms with Crippen LogP contribution in [0.2, 0.25) is 0 Å². The van der Waals surface area contributed by atoms with Crippen LogP contribution in [0.15, 0.2) is 40.4 Å². The Bertz CT molecular complexity index is 451. The van der Waals surface area contributed by atoms with Crippen molar-refractivity contribution in [1.29, 1.82) is 0 Å². The van der Waals surface area contributed by atoms with Crippen LogP contribution in [0.4, 0.5) is 0 Å². The lowest BCUT2D eigenvalue weighted by Crippen LogP contribution is -2.04. The summed E-state index contributed by atoms with van der Waals surface area (Å²) >= 11 is 3.46. The van der Waals surface area contributed by atoms with E-state index in [1.54, 1.807) is 0 Å². The topological polar surface area (TPSA) is 37.3 Å². The van der Waals surface area contributed by atoms with E-state index in [-0.39, 0.29) is 0 Å². The van der Waals surface area contributed by atoms with Gasteiger partial charge in [-0.15, -0.1) is 0 Å². The minimum absolute atomic E-state index is 0.403. The van der Waals surface area contributed by atoms with Gasteiger partial charge in [-0.1, -0.05) is 33.6 Å². The average molecular weight is 295 g/mol. The number of hydrogen-bond donors (Lipinski definition) is 1. The Labute approximate surface area is 109 Å². The largest absolute Gasteiger partial charge is 0.478 e. The Morgan fingerprint density at radius 3 is 3.06 bits per heavy atom. The lowest BCUT2D eigenvalue weighted by molar-refractivity contribution is -0.131. The quantitative estimate of drug-likeness (QED) is 0.861. The van der Waals surface area contributed by atoms with Crippen LogP contribution >= 0.6 is 15.9 Å². The van der Waals surface area contributed by atoms with Crippen LogP contribution in [0.5, 0.6) is 0 Å².